The monoisotopic (exact) mass is 494 g/mol. The largest absolute Gasteiger partial charge is 0.472 e. The second kappa shape index (κ2) is 7.21. The minimum Gasteiger partial charge on any atom is -0.472 e. The number of hydrogen-bond acceptors (Lipinski definition) is 7. The van der Waals surface area contributed by atoms with Crippen LogP contribution in [0.2, 0.25) is 0 Å². The minimum absolute atomic E-state index is 0.0735. The summed E-state index contributed by atoms with van der Waals surface area (Å²) < 4.78 is 23.6. The number of rotatable bonds is 3. The molecule has 192 valence electrons. The van der Waals surface area contributed by atoms with E-state index in [1.165, 1.54) is 18.8 Å². The first kappa shape index (κ1) is 23.7. The molecule has 36 heavy (non-hydrogen) atoms. The average Bonchev–Trinajstić information content (AvgIpc) is 3.54. The van der Waals surface area contributed by atoms with E-state index in [0.717, 1.165) is 23.1 Å². The van der Waals surface area contributed by atoms with Crippen molar-refractivity contribution in [2.24, 2.45) is 34.0 Å². The Bertz CT molecular complexity index is 1250. The van der Waals surface area contributed by atoms with Gasteiger partial charge in [0, 0.05) is 28.2 Å². The molecule has 0 bridgehead atoms. The quantitative estimate of drug-likeness (QED) is 0.457. The van der Waals surface area contributed by atoms with Crippen molar-refractivity contribution in [3.63, 3.8) is 0 Å². The smallest absolute Gasteiger partial charge is 0.316 e. The molecule has 0 N–H and O–H groups in total. The molecule has 0 amide bonds. The van der Waals surface area contributed by atoms with Crippen LogP contribution < -0.4 is 0 Å². The van der Waals surface area contributed by atoms with Crippen LogP contribution in [-0.4, -0.2) is 43.1 Å². The van der Waals surface area contributed by atoms with Crippen LogP contribution in [0.4, 0.5) is 0 Å². The molecule has 1 saturated carbocycles. The molecule has 7 nitrogen and oxygen atoms in total. The number of carbonyl (C=O) groups is 3. The van der Waals surface area contributed by atoms with Crippen LogP contribution in [-0.2, 0) is 28.6 Å². The van der Waals surface area contributed by atoms with E-state index < -0.39 is 46.2 Å². The molecule has 3 heterocycles. The molecule has 1 aromatic rings. The van der Waals surface area contributed by atoms with Gasteiger partial charge in [0.1, 0.15) is 12.2 Å². The number of aryl methyl sites for hydroxylation is 1. The lowest BCUT2D eigenvalue weighted by atomic mass is 9.40. The van der Waals surface area contributed by atoms with Gasteiger partial charge in [-0.15, -0.1) is 0 Å². The number of fused-ring (bicyclic) bond motifs is 4. The molecular formula is C29H34O7. The normalized spacial score (nSPS) is 45.3. The van der Waals surface area contributed by atoms with Crippen molar-refractivity contribution in [2.45, 2.75) is 72.2 Å². The third-order valence-electron chi connectivity index (χ3n) is 10.6. The number of ketones is 1. The van der Waals surface area contributed by atoms with Crippen molar-refractivity contribution in [3.05, 3.63) is 47.0 Å². The summed E-state index contributed by atoms with van der Waals surface area (Å²) in [5.74, 6) is -2.13. The Labute approximate surface area is 211 Å². The SMILES string of the molecule is COC(=O)C(C)C1[C@@]2(C)C(=O)C=C[C@@]3(C)C(=O)O[C@H](C23)[C@H]2O[C@@H]3C[C@@H](c4cocc4C)C(C)=C3[C@@]12C. The van der Waals surface area contributed by atoms with Crippen molar-refractivity contribution in [1.82, 2.24) is 0 Å². The van der Waals surface area contributed by atoms with Gasteiger partial charge >= 0.3 is 11.9 Å². The van der Waals surface area contributed by atoms with E-state index >= 15 is 0 Å². The predicted molar refractivity (Wildman–Crippen MR) is 129 cm³/mol. The summed E-state index contributed by atoms with van der Waals surface area (Å²) in [6.45, 7) is 11.9. The standard InChI is InChI=1S/C29H34O7/c1-13-11-34-12-17(13)16-10-18-20(14(16)2)29(6)22(15(3)25(31)33-7)28(5)19(30)8-9-27(4)23(28)21(24(29)35-18)36-26(27)32/h8-9,11-12,15-16,18,21-24H,10H2,1-7H3/t15?,16-,18-,21-,22?,23?,24-,27-,28-,29+/m1/s1. The lowest BCUT2D eigenvalue weighted by molar-refractivity contribution is -0.198. The van der Waals surface area contributed by atoms with E-state index in [9.17, 15) is 14.4 Å². The Hall–Kier alpha value is -2.67. The number of carbonyl (C=O) groups excluding carboxylic acids is 3. The van der Waals surface area contributed by atoms with Crippen molar-refractivity contribution >= 4 is 17.7 Å². The fourth-order valence-corrected chi connectivity index (χ4v) is 9.24. The van der Waals surface area contributed by atoms with Crippen molar-refractivity contribution < 1.29 is 33.0 Å². The molecule has 7 heteroatoms. The molecule has 2 aliphatic heterocycles. The van der Waals surface area contributed by atoms with Crippen LogP contribution >= 0.6 is 0 Å². The Balaban J connectivity index is 1.60. The molecule has 3 unspecified atom stereocenters. The van der Waals surface area contributed by atoms with Crippen LogP contribution in [0.5, 0.6) is 0 Å². The highest BCUT2D eigenvalue weighted by atomic mass is 16.6. The van der Waals surface area contributed by atoms with Gasteiger partial charge in [-0.2, -0.15) is 0 Å². The zero-order chi connectivity index (χ0) is 25.9. The van der Waals surface area contributed by atoms with Crippen LogP contribution in [0.1, 0.15) is 58.1 Å². The third kappa shape index (κ3) is 2.50. The summed E-state index contributed by atoms with van der Waals surface area (Å²) in [6.07, 6.45) is 6.31. The number of ether oxygens (including phenoxy) is 3. The van der Waals surface area contributed by atoms with Crippen LogP contribution in [0, 0.1) is 40.9 Å². The fourth-order valence-electron chi connectivity index (χ4n) is 9.24. The molecule has 0 aromatic carbocycles. The summed E-state index contributed by atoms with van der Waals surface area (Å²) >= 11 is 0. The number of allylic oxidation sites excluding steroid dienone is 2. The fraction of sp³-hybridized carbons (Fsp3) is 0.621. The van der Waals surface area contributed by atoms with Gasteiger partial charge in [0.05, 0.1) is 37.1 Å². The summed E-state index contributed by atoms with van der Waals surface area (Å²) in [4.78, 5) is 40.3. The molecule has 5 aliphatic rings. The van der Waals surface area contributed by atoms with Gasteiger partial charge in [0.25, 0.3) is 0 Å². The maximum Gasteiger partial charge on any atom is 0.316 e. The van der Waals surface area contributed by atoms with Gasteiger partial charge in [-0.25, -0.2) is 0 Å². The van der Waals surface area contributed by atoms with Gasteiger partial charge in [-0.3, -0.25) is 14.4 Å². The first-order valence-corrected chi connectivity index (χ1v) is 12.8. The van der Waals surface area contributed by atoms with Gasteiger partial charge < -0.3 is 18.6 Å². The highest BCUT2D eigenvalue weighted by molar-refractivity contribution is 6.00. The van der Waals surface area contributed by atoms with E-state index in [0.29, 0.717) is 0 Å². The minimum atomic E-state index is -1.02. The van der Waals surface area contributed by atoms with E-state index in [2.05, 4.69) is 13.8 Å². The van der Waals surface area contributed by atoms with Gasteiger partial charge in [0.2, 0.25) is 0 Å². The van der Waals surface area contributed by atoms with Gasteiger partial charge in [0.15, 0.2) is 5.78 Å². The van der Waals surface area contributed by atoms with E-state index in [1.54, 1.807) is 18.6 Å². The summed E-state index contributed by atoms with van der Waals surface area (Å²) in [7, 11) is 1.38. The molecule has 10 atom stereocenters. The first-order valence-electron chi connectivity index (χ1n) is 12.8. The average molecular weight is 495 g/mol. The number of hydrogen-bond donors (Lipinski definition) is 0. The molecular weight excluding hydrogens is 460 g/mol. The molecule has 0 spiro atoms. The Kier molecular flexibility index (Phi) is 4.75. The van der Waals surface area contributed by atoms with E-state index in [1.807, 2.05) is 27.7 Å². The van der Waals surface area contributed by atoms with E-state index in [-0.39, 0.29) is 29.7 Å². The van der Waals surface area contributed by atoms with Crippen molar-refractivity contribution in [1.29, 1.82) is 0 Å². The predicted octanol–water partition coefficient (Wildman–Crippen LogP) is 4.30. The van der Waals surface area contributed by atoms with Crippen molar-refractivity contribution in [2.75, 3.05) is 7.11 Å². The van der Waals surface area contributed by atoms with Crippen LogP contribution in [0.3, 0.4) is 0 Å². The maximum atomic E-state index is 13.9. The Morgan fingerprint density at radius 1 is 1.14 bits per heavy atom. The van der Waals surface area contributed by atoms with Crippen LogP contribution in [0.25, 0.3) is 0 Å². The number of esters is 2. The third-order valence-corrected chi connectivity index (χ3v) is 10.6. The zero-order valence-corrected chi connectivity index (χ0v) is 21.9. The molecule has 6 rings (SSSR count). The van der Waals surface area contributed by atoms with Crippen LogP contribution in [0.15, 0.2) is 40.2 Å². The van der Waals surface area contributed by atoms with Gasteiger partial charge in [-0.05, 0) is 50.3 Å². The zero-order valence-electron chi connectivity index (χ0n) is 21.9. The second-order valence-corrected chi connectivity index (χ2v) is 12.1. The molecule has 3 aliphatic carbocycles. The summed E-state index contributed by atoms with van der Waals surface area (Å²) in [5.41, 5.74) is 1.85. The number of furan rings is 1. The molecule has 2 saturated heterocycles. The summed E-state index contributed by atoms with van der Waals surface area (Å²) in [6, 6.07) is 0. The second-order valence-electron chi connectivity index (χ2n) is 12.1. The topological polar surface area (TPSA) is 92.0 Å². The first-order chi connectivity index (χ1) is 16.9. The lowest BCUT2D eigenvalue weighted by Crippen LogP contribution is -2.67. The molecule has 3 fully saturated rings. The summed E-state index contributed by atoms with van der Waals surface area (Å²) in [5, 5.41) is 0. The van der Waals surface area contributed by atoms with E-state index in [4.69, 9.17) is 18.6 Å². The maximum absolute atomic E-state index is 13.9. The molecule has 0 radical (unpaired) electrons. The Morgan fingerprint density at radius 3 is 2.50 bits per heavy atom. The number of methoxy groups -OCH3 is 1. The Morgan fingerprint density at radius 2 is 1.86 bits per heavy atom. The lowest BCUT2D eigenvalue weighted by Gasteiger charge is -2.60. The highest BCUT2D eigenvalue weighted by Crippen LogP contribution is 2.72. The van der Waals surface area contributed by atoms with Crippen molar-refractivity contribution in [3.8, 4) is 0 Å². The van der Waals surface area contributed by atoms with Gasteiger partial charge in [-0.1, -0.05) is 32.4 Å². The molecule has 1 aromatic heterocycles. The highest BCUT2D eigenvalue weighted by Gasteiger charge is 2.78.